The highest BCUT2D eigenvalue weighted by Gasteiger charge is 2.17. The van der Waals surface area contributed by atoms with E-state index in [1.54, 1.807) is 0 Å². The molecule has 0 saturated heterocycles. The number of hydrogen-bond donors (Lipinski definition) is 2. The predicted molar refractivity (Wildman–Crippen MR) is 39.7 cm³/mol. The van der Waals surface area contributed by atoms with E-state index in [4.69, 9.17) is 5.11 Å². The molecule has 4 nitrogen and oxygen atoms in total. The van der Waals surface area contributed by atoms with Crippen molar-refractivity contribution in [3.05, 3.63) is 0 Å². The van der Waals surface area contributed by atoms with Gasteiger partial charge in [0.15, 0.2) is 0 Å². The third kappa shape index (κ3) is 4.36. The predicted octanol–water partition coefficient (Wildman–Crippen LogP) is 0.143. The van der Waals surface area contributed by atoms with Gasteiger partial charge >= 0.3 is 12.4 Å². The average molecular weight is 158 g/mol. The second kappa shape index (κ2) is 4.71. The molecule has 0 aliphatic carbocycles. The molecule has 11 heavy (non-hydrogen) atoms. The number of carbonyl (C=O) groups excluding carboxylic acids is 1. The van der Waals surface area contributed by atoms with Gasteiger partial charge in [0.1, 0.15) is 6.04 Å². The molecular formula is C7H12NO3. The van der Waals surface area contributed by atoms with Crippen molar-refractivity contribution < 1.29 is 14.7 Å². The fourth-order valence-electron chi connectivity index (χ4n) is 0.764. The lowest BCUT2D eigenvalue weighted by Crippen LogP contribution is -2.36. The van der Waals surface area contributed by atoms with E-state index in [2.05, 4.69) is 5.32 Å². The standard InChI is InChI=1S/C7H12NO3/c1-5(2)3-6(7(10)11)8-4-9/h5-6H,3H2,1-2H3,(H,8,9)(H,10,11)/t6-/m0/s1. The second-order valence-corrected chi connectivity index (χ2v) is 2.77. The summed E-state index contributed by atoms with van der Waals surface area (Å²) in [5.74, 6) is -0.765. The van der Waals surface area contributed by atoms with Crippen molar-refractivity contribution in [1.29, 1.82) is 0 Å². The molecule has 1 amide bonds. The van der Waals surface area contributed by atoms with Crippen molar-refractivity contribution in [3.63, 3.8) is 0 Å². The van der Waals surface area contributed by atoms with E-state index >= 15 is 0 Å². The fraction of sp³-hybridized carbons (Fsp3) is 0.714. The molecule has 0 fully saturated rings. The third-order valence-electron chi connectivity index (χ3n) is 1.24. The maximum Gasteiger partial charge on any atom is 0.326 e. The number of carboxylic acids is 1. The lowest BCUT2D eigenvalue weighted by molar-refractivity contribution is -0.139. The van der Waals surface area contributed by atoms with Crippen LogP contribution in [0.5, 0.6) is 0 Å². The van der Waals surface area contributed by atoms with Gasteiger partial charge in [-0.1, -0.05) is 13.8 Å². The van der Waals surface area contributed by atoms with Crippen LogP contribution in [0.4, 0.5) is 0 Å². The first-order valence-corrected chi connectivity index (χ1v) is 3.43. The Kier molecular flexibility index (Phi) is 4.26. The maximum atomic E-state index is 10.4. The monoisotopic (exact) mass is 158 g/mol. The number of carbonyl (C=O) groups is 1. The first kappa shape index (κ1) is 9.94. The van der Waals surface area contributed by atoms with E-state index in [9.17, 15) is 9.59 Å². The summed E-state index contributed by atoms with van der Waals surface area (Å²) in [4.78, 5) is 20.2. The maximum absolute atomic E-state index is 10.4. The molecule has 0 saturated carbocycles. The Morgan fingerprint density at radius 2 is 2.18 bits per heavy atom. The van der Waals surface area contributed by atoms with Gasteiger partial charge in [0.25, 0.3) is 0 Å². The zero-order valence-corrected chi connectivity index (χ0v) is 6.63. The van der Waals surface area contributed by atoms with Crippen LogP contribution >= 0.6 is 0 Å². The van der Waals surface area contributed by atoms with Crippen LogP contribution in [0, 0.1) is 5.92 Å². The Morgan fingerprint density at radius 3 is 2.45 bits per heavy atom. The summed E-state index contributed by atoms with van der Waals surface area (Å²) in [6.45, 7) is 3.78. The van der Waals surface area contributed by atoms with Gasteiger partial charge in [-0.15, -0.1) is 0 Å². The van der Waals surface area contributed by atoms with E-state index < -0.39 is 12.0 Å². The van der Waals surface area contributed by atoms with Crippen molar-refractivity contribution in [2.45, 2.75) is 26.3 Å². The van der Waals surface area contributed by atoms with Crippen LogP contribution < -0.4 is 5.32 Å². The Bertz CT molecular complexity index is 145. The fourth-order valence-corrected chi connectivity index (χ4v) is 0.764. The Hall–Kier alpha value is -1.06. The van der Waals surface area contributed by atoms with Crippen LogP contribution in [0.15, 0.2) is 0 Å². The van der Waals surface area contributed by atoms with E-state index in [1.165, 1.54) is 6.41 Å². The normalized spacial score (nSPS) is 12.6. The van der Waals surface area contributed by atoms with E-state index in [0.29, 0.717) is 6.42 Å². The Morgan fingerprint density at radius 1 is 1.64 bits per heavy atom. The lowest BCUT2D eigenvalue weighted by Gasteiger charge is -2.11. The molecule has 2 N–H and O–H groups in total. The zero-order chi connectivity index (χ0) is 8.85. The van der Waals surface area contributed by atoms with Crippen LogP contribution in [0.1, 0.15) is 20.3 Å². The van der Waals surface area contributed by atoms with Gasteiger partial charge in [0.2, 0.25) is 0 Å². The van der Waals surface area contributed by atoms with E-state index in [-0.39, 0.29) is 5.92 Å². The third-order valence-corrected chi connectivity index (χ3v) is 1.24. The van der Waals surface area contributed by atoms with Crippen LogP contribution in [0.3, 0.4) is 0 Å². The minimum atomic E-state index is -1.01. The SMILES string of the molecule is CC(C)C[C@H](N[C]=O)C(=O)O. The number of carboxylic acid groups (broad SMARTS) is 1. The van der Waals surface area contributed by atoms with Gasteiger partial charge in [-0.05, 0) is 12.3 Å². The van der Waals surface area contributed by atoms with E-state index in [0.717, 1.165) is 0 Å². The highest BCUT2D eigenvalue weighted by Crippen LogP contribution is 2.03. The molecule has 0 rings (SSSR count). The van der Waals surface area contributed by atoms with Crippen molar-refractivity contribution >= 4 is 12.4 Å². The first-order valence-electron chi connectivity index (χ1n) is 3.43. The summed E-state index contributed by atoms with van der Waals surface area (Å²) in [5, 5.41) is 10.6. The van der Waals surface area contributed by atoms with Gasteiger partial charge in [-0.2, -0.15) is 0 Å². The molecule has 0 spiro atoms. The molecule has 0 unspecified atom stereocenters. The minimum Gasteiger partial charge on any atom is -0.480 e. The molecule has 0 aliphatic rings. The summed E-state index contributed by atoms with van der Waals surface area (Å²) in [7, 11) is 0. The molecule has 0 aromatic carbocycles. The molecular weight excluding hydrogens is 146 g/mol. The van der Waals surface area contributed by atoms with Crippen LogP contribution in [-0.2, 0) is 9.59 Å². The molecule has 0 bridgehead atoms. The number of hydrogen-bond acceptors (Lipinski definition) is 2. The molecule has 4 heteroatoms. The first-order chi connectivity index (χ1) is 5.07. The molecule has 63 valence electrons. The van der Waals surface area contributed by atoms with Crippen molar-refractivity contribution in [2.24, 2.45) is 5.92 Å². The van der Waals surface area contributed by atoms with Crippen LogP contribution in [-0.4, -0.2) is 23.5 Å². The lowest BCUT2D eigenvalue weighted by atomic mass is 10.0. The average Bonchev–Trinajstić information content (AvgIpc) is 1.86. The quantitative estimate of drug-likeness (QED) is 0.559. The molecule has 0 heterocycles. The highest BCUT2D eigenvalue weighted by atomic mass is 16.4. The molecule has 1 atom stereocenters. The van der Waals surface area contributed by atoms with Gasteiger partial charge in [0, 0.05) is 0 Å². The largest absolute Gasteiger partial charge is 0.480 e. The molecule has 1 radical (unpaired) electrons. The number of nitrogens with one attached hydrogen (secondary N) is 1. The summed E-state index contributed by atoms with van der Waals surface area (Å²) in [5.41, 5.74) is 0. The van der Waals surface area contributed by atoms with Crippen molar-refractivity contribution in [1.82, 2.24) is 5.32 Å². The van der Waals surface area contributed by atoms with Crippen molar-refractivity contribution in [2.75, 3.05) is 0 Å². The molecule has 0 aliphatic heterocycles. The van der Waals surface area contributed by atoms with Crippen molar-refractivity contribution in [3.8, 4) is 0 Å². The topological polar surface area (TPSA) is 66.4 Å². The van der Waals surface area contributed by atoms with Crippen LogP contribution in [0.25, 0.3) is 0 Å². The summed E-state index contributed by atoms with van der Waals surface area (Å²) < 4.78 is 0. The Balaban J connectivity index is 3.88. The molecule has 0 aromatic heterocycles. The smallest absolute Gasteiger partial charge is 0.326 e. The molecule has 0 aromatic rings. The number of rotatable bonds is 5. The second-order valence-electron chi connectivity index (χ2n) is 2.77. The number of aliphatic carboxylic acids is 1. The van der Waals surface area contributed by atoms with E-state index in [1.807, 2.05) is 13.8 Å². The van der Waals surface area contributed by atoms with Gasteiger partial charge < -0.3 is 10.4 Å². The number of amides is 1. The van der Waals surface area contributed by atoms with Gasteiger partial charge in [-0.25, -0.2) is 4.79 Å². The minimum absolute atomic E-state index is 0.247. The van der Waals surface area contributed by atoms with Gasteiger partial charge in [0.05, 0.1) is 0 Å². The summed E-state index contributed by atoms with van der Waals surface area (Å²) >= 11 is 0. The zero-order valence-electron chi connectivity index (χ0n) is 6.63. The van der Waals surface area contributed by atoms with Gasteiger partial charge in [-0.3, -0.25) is 4.79 Å². The summed E-state index contributed by atoms with van der Waals surface area (Å²) in [6.07, 6.45) is 1.81. The highest BCUT2D eigenvalue weighted by molar-refractivity contribution is 5.76. The van der Waals surface area contributed by atoms with Crippen LogP contribution in [0.2, 0.25) is 0 Å². The Labute approximate surface area is 65.6 Å². The summed E-state index contributed by atoms with van der Waals surface area (Å²) in [6, 6.07) is -0.799.